The Morgan fingerprint density at radius 2 is 1.84 bits per heavy atom. The number of thiazole rings is 1. The Morgan fingerprint density at radius 1 is 1.05 bits per heavy atom. The molecule has 0 radical (unpaired) electrons. The Morgan fingerprint density at radius 3 is 2.60 bits per heavy atom. The van der Waals surface area contributed by atoms with Crippen LogP contribution < -0.4 is 21.5 Å². The minimum Gasteiger partial charge on any atom is -0.382 e. The second kappa shape index (κ2) is 12.2. The quantitative estimate of drug-likeness (QED) is 0.233. The molecule has 11 nitrogen and oxygen atoms in total. The fraction of sp³-hybridized carbons (Fsp3) is 0.387. The van der Waals surface area contributed by atoms with Crippen molar-refractivity contribution in [2.45, 2.75) is 51.2 Å². The molecule has 4 aromatic heterocycles. The van der Waals surface area contributed by atoms with Crippen molar-refractivity contribution in [3.63, 3.8) is 0 Å². The van der Waals surface area contributed by atoms with Crippen LogP contribution in [0.5, 0.6) is 0 Å². The van der Waals surface area contributed by atoms with Gasteiger partial charge in [0.15, 0.2) is 0 Å². The minimum absolute atomic E-state index is 0.140. The molecule has 0 aliphatic carbocycles. The Hall–Kier alpha value is -4.13. The first-order valence-corrected chi connectivity index (χ1v) is 15.7. The van der Waals surface area contributed by atoms with Crippen molar-refractivity contribution in [2.75, 3.05) is 36.9 Å². The van der Waals surface area contributed by atoms with Gasteiger partial charge in [0.05, 0.1) is 35.3 Å². The number of aromatic nitrogens is 6. The monoisotopic (exact) mass is 597 g/mol. The first-order valence-electron chi connectivity index (χ1n) is 14.9. The van der Waals surface area contributed by atoms with Gasteiger partial charge in [-0.3, -0.25) is 9.36 Å². The van der Waals surface area contributed by atoms with Crippen molar-refractivity contribution in [3.8, 4) is 11.3 Å². The highest BCUT2D eigenvalue weighted by atomic mass is 32.1. The maximum atomic E-state index is 14.1. The number of piperidine rings is 1. The molecule has 0 amide bonds. The molecular weight excluding hydrogens is 562 g/mol. The molecule has 2 aliphatic heterocycles. The van der Waals surface area contributed by atoms with Gasteiger partial charge in [-0.05, 0) is 76.0 Å². The first kappa shape index (κ1) is 27.7. The Bertz CT molecular complexity index is 1770. The zero-order chi connectivity index (χ0) is 29.2. The van der Waals surface area contributed by atoms with E-state index in [0.717, 1.165) is 79.3 Å². The van der Waals surface area contributed by atoms with E-state index in [0.29, 0.717) is 35.4 Å². The summed E-state index contributed by atoms with van der Waals surface area (Å²) < 4.78 is 9.49. The second-order valence-corrected chi connectivity index (χ2v) is 12.2. The molecule has 0 saturated carbocycles. The summed E-state index contributed by atoms with van der Waals surface area (Å²) in [6.07, 6.45) is 9.54. The van der Waals surface area contributed by atoms with Gasteiger partial charge in [0.25, 0.3) is 5.56 Å². The summed E-state index contributed by atoms with van der Waals surface area (Å²) in [7, 11) is 0. The Balaban J connectivity index is 1.22. The highest BCUT2D eigenvalue weighted by Gasteiger charge is 2.21. The first-order chi connectivity index (χ1) is 21.1. The van der Waals surface area contributed by atoms with Gasteiger partial charge >= 0.3 is 0 Å². The zero-order valence-corrected chi connectivity index (χ0v) is 24.9. The van der Waals surface area contributed by atoms with E-state index in [1.165, 1.54) is 11.3 Å². The number of aryl methyl sites for hydroxylation is 1. The SMILES string of the molecule is Cc1scnc1-c1cc2cnc(Nc3ccc(NC4CCNCC4)cc3)nc2n(Cc2cncn2C2CCOCC2)c1=O. The van der Waals surface area contributed by atoms with Crippen molar-refractivity contribution in [1.29, 1.82) is 0 Å². The molecule has 7 rings (SSSR count). The van der Waals surface area contributed by atoms with Gasteiger partial charge in [-0.2, -0.15) is 4.98 Å². The summed E-state index contributed by atoms with van der Waals surface area (Å²) in [6, 6.07) is 10.8. The van der Waals surface area contributed by atoms with Gasteiger partial charge in [-0.15, -0.1) is 11.3 Å². The number of ether oxygens (including phenoxy) is 1. The molecule has 2 fully saturated rings. The van der Waals surface area contributed by atoms with Crippen LogP contribution in [-0.2, 0) is 11.3 Å². The van der Waals surface area contributed by atoms with E-state index in [4.69, 9.17) is 9.72 Å². The van der Waals surface area contributed by atoms with Crippen LogP contribution in [0.25, 0.3) is 22.3 Å². The van der Waals surface area contributed by atoms with E-state index in [2.05, 4.69) is 47.6 Å². The lowest BCUT2D eigenvalue weighted by Gasteiger charge is -2.25. The summed E-state index contributed by atoms with van der Waals surface area (Å²) in [5.74, 6) is 0.426. The van der Waals surface area contributed by atoms with Crippen molar-refractivity contribution in [2.24, 2.45) is 0 Å². The van der Waals surface area contributed by atoms with Crippen LogP contribution in [0.4, 0.5) is 17.3 Å². The summed E-state index contributed by atoms with van der Waals surface area (Å²) in [6.45, 7) is 5.85. The molecule has 2 saturated heterocycles. The predicted molar refractivity (Wildman–Crippen MR) is 169 cm³/mol. The Labute approximate surface area is 253 Å². The maximum Gasteiger partial charge on any atom is 0.262 e. The molecule has 222 valence electrons. The standard InChI is InChI=1S/C31H35N9O2S/c1-20-28(35-19-43-20)27-14-21-15-34-31(37-23-4-2-22(3-5-23)36-24-6-10-32-11-7-24)38-29(21)39(30(27)41)17-26-16-33-18-40(26)25-8-12-42-13-9-25/h2-5,14-16,18-19,24-25,32,36H,6-13,17H2,1H3,(H,34,37,38). The molecule has 0 spiro atoms. The number of anilines is 3. The van der Waals surface area contributed by atoms with E-state index in [1.807, 2.05) is 37.6 Å². The number of pyridine rings is 1. The molecule has 12 heteroatoms. The molecule has 6 heterocycles. The zero-order valence-electron chi connectivity index (χ0n) is 24.1. The van der Waals surface area contributed by atoms with Crippen LogP contribution in [0.15, 0.2) is 59.4 Å². The lowest BCUT2D eigenvalue weighted by molar-refractivity contribution is 0.0688. The van der Waals surface area contributed by atoms with Crippen molar-refractivity contribution < 1.29 is 4.74 Å². The van der Waals surface area contributed by atoms with Gasteiger partial charge in [0.1, 0.15) is 5.65 Å². The van der Waals surface area contributed by atoms with Crippen molar-refractivity contribution >= 4 is 39.7 Å². The number of nitrogens with one attached hydrogen (secondary N) is 3. The van der Waals surface area contributed by atoms with Gasteiger partial charge in [0, 0.05) is 59.3 Å². The van der Waals surface area contributed by atoms with Crippen LogP contribution in [-0.4, -0.2) is 61.4 Å². The average Bonchev–Trinajstić information content (AvgIpc) is 3.69. The number of hydrogen-bond donors (Lipinski definition) is 3. The molecule has 0 atom stereocenters. The summed E-state index contributed by atoms with van der Waals surface area (Å²) in [5, 5.41) is 11.1. The molecule has 43 heavy (non-hydrogen) atoms. The molecule has 0 unspecified atom stereocenters. The molecule has 5 aromatic rings. The largest absolute Gasteiger partial charge is 0.382 e. The summed E-state index contributed by atoms with van der Waals surface area (Å²) in [4.78, 5) is 33.5. The lowest BCUT2D eigenvalue weighted by Crippen LogP contribution is -2.35. The van der Waals surface area contributed by atoms with Gasteiger partial charge in [0.2, 0.25) is 5.95 Å². The minimum atomic E-state index is -0.140. The summed E-state index contributed by atoms with van der Waals surface area (Å²) >= 11 is 1.53. The van der Waals surface area contributed by atoms with Crippen LogP contribution in [0.1, 0.15) is 42.3 Å². The molecular formula is C31H35N9O2S. The van der Waals surface area contributed by atoms with Crippen LogP contribution >= 0.6 is 11.3 Å². The maximum absolute atomic E-state index is 14.1. The smallest absolute Gasteiger partial charge is 0.262 e. The predicted octanol–water partition coefficient (Wildman–Crippen LogP) is 4.73. The third-order valence-electron chi connectivity index (χ3n) is 8.33. The van der Waals surface area contributed by atoms with Gasteiger partial charge < -0.3 is 25.3 Å². The average molecular weight is 598 g/mol. The van der Waals surface area contributed by atoms with Crippen LogP contribution in [0.3, 0.4) is 0 Å². The fourth-order valence-corrected chi connectivity index (χ4v) is 6.58. The highest BCUT2D eigenvalue weighted by molar-refractivity contribution is 7.10. The van der Waals surface area contributed by atoms with Crippen LogP contribution in [0, 0.1) is 6.92 Å². The third kappa shape index (κ3) is 5.90. The van der Waals surface area contributed by atoms with E-state index >= 15 is 0 Å². The summed E-state index contributed by atoms with van der Waals surface area (Å²) in [5.41, 5.74) is 6.35. The lowest BCUT2D eigenvalue weighted by atomic mass is 10.1. The molecule has 1 aromatic carbocycles. The normalized spacial score (nSPS) is 16.5. The van der Waals surface area contributed by atoms with E-state index in [-0.39, 0.29) is 11.6 Å². The Kier molecular flexibility index (Phi) is 7.88. The molecule has 3 N–H and O–H groups in total. The molecule has 0 bridgehead atoms. The number of nitrogens with zero attached hydrogens (tertiary/aromatic N) is 6. The highest BCUT2D eigenvalue weighted by Crippen LogP contribution is 2.27. The van der Waals surface area contributed by atoms with Crippen molar-refractivity contribution in [3.05, 3.63) is 75.5 Å². The van der Waals surface area contributed by atoms with E-state index < -0.39 is 0 Å². The third-order valence-corrected chi connectivity index (χ3v) is 9.09. The number of hydrogen-bond acceptors (Lipinski definition) is 10. The number of benzene rings is 1. The van der Waals surface area contributed by atoms with Crippen LogP contribution in [0.2, 0.25) is 0 Å². The molecule has 2 aliphatic rings. The van der Waals surface area contributed by atoms with E-state index in [9.17, 15) is 4.79 Å². The number of imidazole rings is 1. The van der Waals surface area contributed by atoms with Crippen molar-refractivity contribution in [1.82, 2.24) is 34.4 Å². The van der Waals surface area contributed by atoms with E-state index in [1.54, 1.807) is 16.3 Å². The number of rotatable bonds is 8. The van der Waals surface area contributed by atoms with Gasteiger partial charge in [-0.25, -0.2) is 15.0 Å². The number of fused-ring (bicyclic) bond motifs is 1. The second-order valence-electron chi connectivity index (χ2n) is 11.2. The topological polar surface area (TPSA) is 124 Å². The van der Waals surface area contributed by atoms with Gasteiger partial charge in [-0.1, -0.05) is 0 Å². The fourth-order valence-electron chi connectivity index (χ4n) is 5.99.